The van der Waals surface area contributed by atoms with E-state index in [1.54, 1.807) is 11.3 Å². The van der Waals surface area contributed by atoms with Crippen LogP contribution in [0, 0.1) is 0 Å². The summed E-state index contributed by atoms with van der Waals surface area (Å²) in [5.74, 6) is 1.87. The van der Waals surface area contributed by atoms with Crippen LogP contribution in [0.4, 0.5) is 0 Å². The Morgan fingerprint density at radius 1 is 0.321 bits per heavy atom. The smallest absolute Gasteiger partial charge is 0.164 e. The minimum atomic E-state index is 0.598. The number of nitrogens with zero attached hydrogens (tertiary/aromatic N) is 3. The van der Waals surface area contributed by atoms with Gasteiger partial charge in [-0.2, -0.15) is 0 Å². The van der Waals surface area contributed by atoms with E-state index in [4.69, 9.17) is 19.4 Å². The lowest BCUT2D eigenvalue weighted by Gasteiger charge is -2.15. The summed E-state index contributed by atoms with van der Waals surface area (Å²) in [6.07, 6.45) is 0. The first-order valence-electron chi connectivity index (χ1n) is 18.8. The maximum atomic E-state index is 6.70. The Morgan fingerprint density at radius 3 is 1.66 bits per heavy atom. The summed E-state index contributed by atoms with van der Waals surface area (Å²) in [6, 6.07) is 62.0. The van der Waals surface area contributed by atoms with Crippen LogP contribution in [0.25, 0.3) is 120 Å². The average molecular weight is 732 g/mol. The molecule has 0 atom stereocenters. The van der Waals surface area contributed by atoms with E-state index in [2.05, 4.69) is 146 Å². The first-order valence-corrected chi connectivity index (χ1v) is 19.6. The van der Waals surface area contributed by atoms with E-state index in [9.17, 15) is 0 Å². The normalized spacial score (nSPS) is 11.9. The molecule has 0 radical (unpaired) electrons. The third-order valence-electron chi connectivity index (χ3n) is 11.1. The molecule has 0 aliphatic rings. The Balaban J connectivity index is 1.07. The van der Waals surface area contributed by atoms with E-state index in [1.807, 2.05) is 30.3 Å². The van der Waals surface area contributed by atoms with Crippen LogP contribution in [-0.4, -0.2) is 15.0 Å². The van der Waals surface area contributed by atoms with Crippen molar-refractivity contribution in [3.63, 3.8) is 0 Å². The molecule has 9 aromatic carbocycles. The third-order valence-corrected chi connectivity index (χ3v) is 12.3. The average Bonchev–Trinajstić information content (AvgIpc) is 3.85. The Labute approximate surface area is 325 Å². The van der Waals surface area contributed by atoms with Gasteiger partial charge in [0.25, 0.3) is 0 Å². The van der Waals surface area contributed by atoms with Crippen molar-refractivity contribution in [2.75, 3.05) is 0 Å². The highest BCUT2D eigenvalue weighted by molar-refractivity contribution is 7.25. The van der Waals surface area contributed by atoms with Gasteiger partial charge in [0.15, 0.2) is 17.5 Å². The second kappa shape index (κ2) is 12.2. The quantitative estimate of drug-likeness (QED) is 0.169. The second-order valence-electron chi connectivity index (χ2n) is 14.3. The Hall–Kier alpha value is -7.21. The van der Waals surface area contributed by atoms with Crippen LogP contribution >= 0.6 is 11.3 Å². The van der Waals surface area contributed by atoms with Gasteiger partial charge in [-0.1, -0.05) is 146 Å². The maximum Gasteiger partial charge on any atom is 0.164 e. The molecular weight excluding hydrogens is 703 g/mol. The molecule has 56 heavy (non-hydrogen) atoms. The van der Waals surface area contributed by atoms with Gasteiger partial charge in [-0.15, -0.1) is 11.3 Å². The molecule has 3 heterocycles. The van der Waals surface area contributed by atoms with Gasteiger partial charge in [0, 0.05) is 47.6 Å². The maximum absolute atomic E-state index is 6.70. The van der Waals surface area contributed by atoms with Crippen LogP contribution in [0.1, 0.15) is 0 Å². The lowest BCUT2D eigenvalue weighted by molar-refractivity contribution is 0.669. The van der Waals surface area contributed by atoms with E-state index in [1.165, 1.54) is 58.1 Å². The number of fused-ring (bicyclic) bond motifs is 12. The lowest BCUT2D eigenvalue weighted by atomic mass is 9.88. The van der Waals surface area contributed by atoms with E-state index in [0.29, 0.717) is 17.5 Å². The van der Waals surface area contributed by atoms with E-state index >= 15 is 0 Å². The SMILES string of the molecule is c1ccc(-c2nc(-c3ccc4c(c3)oc3cccc(-c5cccc6c7ccccc7c7ccccc7c56)c34)nc(-c3cccc4sc5ccccc5c34)n2)cc1. The van der Waals surface area contributed by atoms with Gasteiger partial charge in [0.2, 0.25) is 0 Å². The van der Waals surface area contributed by atoms with E-state index in [-0.39, 0.29) is 0 Å². The fraction of sp³-hybridized carbons (Fsp3) is 0. The molecule has 0 spiro atoms. The predicted molar refractivity (Wildman–Crippen MR) is 234 cm³/mol. The van der Waals surface area contributed by atoms with Crippen LogP contribution in [0.5, 0.6) is 0 Å². The van der Waals surface area contributed by atoms with Gasteiger partial charge in [-0.05, 0) is 73.8 Å². The second-order valence-corrected chi connectivity index (χ2v) is 15.3. The van der Waals surface area contributed by atoms with E-state index in [0.717, 1.165) is 44.2 Å². The van der Waals surface area contributed by atoms with Crippen LogP contribution in [0.3, 0.4) is 0 Å². The molecular formula is C51H29N3OS. The molecule has 0 bridgehead atoms. The van der Waals surface area contributed by atoms with Gasteiger partial charge >= 0.3 is 0 Å². The van der Waals surface area contributed by atoms with Crippen molar-refractivity contribution < 1.29 is 4.42 Å². The molecule has 12 rings (SSSR count). The summed E-state index contributed by atoms with van der Waals surface area (Å²) < 4.78 is 9.15. The molecule has 4 nitrogen and oxygen atoms in total. The topological polar surface area (TPSA) is 51.8 Å². The van der Waals surface area contributed by atoms with Gasteiger partial charge in [-0.25, -0.2) is 15.0 Å². The Bertz CT molecular complexity index is 3500. The highest BCUT2D eigenvalue weighted by Gasteiger charge is 2.20. The largest absolute Gasteiger partial charge is 0.456 e. The first-order chi connectivity index (χ1) is 27.8. The summed E-state index contributed by atoms with van der Waals surface area (Å²) >= 11 is 1.79. The lowest BCUT2D eigenvalue weighted by Crippen LogP contribution is -2.00. The molecule has 0 fully saturated rings. The number of benzene rings is 9. The summed E-state index contributed by atoms with van der Waals surface area (Å²) in [5, 5.41) is 12.0. The highest BCUT2D eigenvalue weighted by Crippen LogP contribution is 2.45. The van der Waals surface area contributed by atoms with Gasteiger partial charge in [0.1, 0.15) is 11.2 Å². The first kappa shape index (κ1) is 31.2. The molecule has 0 aliphatic carbocycles. The van der Waals surface area contributed by atoms with Crippen LogP contribution < -0.4 is 0 Å². The molecule has 0 N–H and O–H groups in total. The van der Waals surface area contributed by atoms with Crippen molar-refractivity contribution in [1.82, 2.24) is 15.0 Å². The molecule has 0 amide bonds. The molecule has 0 unspecified atom stereocenters. The summed E-state index contributed by atoms with van der Waals surface area (Å²) in [7, 11) is 0. The van der Waals surface area contributed by atoms with E-state index < -0.39 is 0 Å². The highest BCUT2D eigenvalue weighted by atomic mass is 32.1. The zero-order valence-corrected chi connectivity index (χ0v) is 30.7. The minimum absolute atomic E-state index is 0.598. The van der Waals surface area contributed by atoms with Gasteiger partial charge in [-0.3, -0.25) is 0 Å². The van der Waals surface area contributed by atoms with Crippen molar-refractivity contribution in [3.05, 3.63) is 176 Å². The number of aromatic nitrogens is 3. The predicted octanol–water partition coefficient (Wildman–Crippen LogP) is 14.3. The van der Waals surface area contributed by atoms with Crippen LogP contribution in [-0.2, 0) is 0 Å². The number of rotatable bonds is 4. The third kappa shape index (κ3) is 4.68. The molecule has 5 heteroatoms. The molecule has 12 aromatic rings. The fourth-order valence-electron chi connectivity index (χ4n) is 8.67. The Kier molecular flexibility index (Phi) is 6.76. The summed E-state index contributed by atoms with van der Waals surface area (Å²) in [5.41, 5.74) is 6.75. The van der Waals surface area contributed by atoms with Crippen molar-refractivity contribution >= 4 is 85.8 Å². The number of hydrogen-bond acceptors (Lipinski definition) is 5. The summed E-state index contributed by atoms with van der Waals surface area (Å²) in [6.45, 7) is 0. The van der Waals surface area contributed by atoms with Gasteiger partial charge in [0.05, 0.1) is 0 Å². The number of hydrogen-bond donors (Lipinski definition) is 0. The monoisotopic (exact) mass is 731 g/mol. The molecule has 0 saturated carbocycles. The van der Waals surface area contributed by atoms with Crippen LogP contribution in [0.15, 0.2) is 180 Å². The number of furan rings is 1. The zero-order valence-electron chi connectivity index (χ0n) is 29.9. The zero-order chi connectivity index (χ0) is 36.7. The standard InChI is InChI=1S/C51H29N3OS/c1-2-13-30(14-3-1)49-52-50(54-51(53-49)41-23-12-26-45-48(41)40-19-8-9-25-44(40)56-45)31-27-28-39-43(29-31)55-42-24-11-22-38(47(39)42)37-21-10-20-36-34-16-5-4-15-32(34)33-17-6-7-18-35(33)46(36)37/h1-29H. The minimum Gasteiger partial charge on any atom is -0.456 e. The fourth-order valence-corrected chi connectivity index (χ4v) is 9.80. The van der Waals surface area contributed by atoms with Crippen molar-refractivity contribution in [2.45, 2.75) is 0 Å². The summed E-state index contributed by atoms with van der Waals surface area (Å²) in [4.78, 5) is 15.4. The Morgan fingerprint density at radius 2 is 0.875 bits per heavy atom. The van der Waals surface area contributed by atoms with Gasteiger partial charge < -0.3 is 4.42 Å². The van der Waals surface area contributed by atoms with Crippen LogP contribution in [0.2, 0.25) is 0 Å². The van der Waals surface area contributed by atoms with Crippen molar-refractivity contribution in [1.29, 1.82) is 0 Å². The van der Waals surface area contributed by atoms with Crippen molar-refractivity contribution in [2.24, 2.45) is 0 Å². The molecule has 0 aliphatic heterocycles. The van der Waals surface area contributed by atoms with Crippen molar-refractivity contribution in [3.8, 4) is 45.3 Å². The molecule has 260 valence electrons. The molecule has 3 aromatic heterocycles. The number of thiophene rings is 1. The molecule has 0 saturated heterocycles.